The minimum Gasteiger partial charge on any atom is -0.493 e. The number of hydrogen-bond donors (Lipinski definition) is 0. The van der Waals surface area contributed by atoms with E-state index in [-0.39, 0.29) is 23.1 Å². The van der Waals surface area contributed by atoms with Crippen molar-refractivity contribution < 1.29 is 22.6 Å². The fourth-order valence-corrected chi connectivity index (χ4v) is 4.64. The molecule has 0 saturated carbocycles. The van der Waals surface area contributed by atoms with Crippen LogP contribution in [0.1, 0.15) is 12.1 Å². The molecular weight excluding hydrogens is 384 g/mol. The Hall–Kier alpha value is -2.52. The Balaban J connectivity index is 1.76. The average molecular weight is 408 g/mol. The highest BCUT2D eigenvalue weighted by Gasteiger charge is 2.34. The summed E-state index contributed by atoms with van der Waals surface area (Å²) in [7, 11) is 0.948. The van der Waals surface area contributed by atoms with E-state index in [0.29, 0.717) is 30.2 Å². The van der Waals surface area contributed by atoms with Crippen molar-refractivity contribution in [2.45, 2.75) is 24.3 Å². The predicted molar refractivity (Wildman–Crippen MR) is 104 cm³/mol. The number of hydrogen-bond acceptors (Lipinski definition) is 6. The van der Waals surface area contributed by atoms with Gasteiger partial charge in [0.25, 0.3) is 5.56 Å². The number of sulfonamides is 1. The van der Waals surface area contributed by atoms with Gasteiger partial charge >= 0.3 is 0 Å². The van der Waals surface area contributed by atoms with Crippen molar-refractivity contribution in [3.05, 3.63) is 46.4 Å². The summed E-state index contributed by atoms with van der Waals surface area (Å²) in [6, 6.07) is 7.70. The summed E-state index contributed by atoms with van der Waals surface area (Å²) in [4.78, 5) is 12.0. The normalized spacial score (nSPS) is 17.5. The molecule has 0 bridgehead atoms. The van der Waals surface area contributed by atoms with E-state index in [1.807, 2.05) is 6.92 Å². The third kappa shape index (κ3) is 3.85. The van der Waals surface area contributed by atoms with Gasteiger partial charge < -0.3 is 18.8 Å². The zero-order valence-corrected chi connectivity index (χ0v) is 17.2. The van der Waals surface area contributed by atoms with Gasteiger partial charge in [0.05, 0.1) is 25.7 Å². The standard InChI is InChI=1S/C19H24N2O6S/c1-13-9-15(10-19(22)20(13)2)27-14-7-8-21(12-14)28(23,24)16-5-6-17(25-3)18(11-16)26-4/h5-6,9-11,14H,7-8,12H2,1-4H3. The molecule has 0 radical (unpaired) electrons. The first-order valence-electron chi connectivity index (χ1n) is 8.82. The third-order valence-electron chi connectivity index (χ3n) is 4.88. The van der Waals surface area contributed by atoms with Gasteiger partial charge in [-0.05, 0) is 31.5 Å². The molecule has 152 valence electrons. The Labute approximate surface area is 164 Å². The first-order chi connectivity index (χ1) is 13.3. The molecule has 28 heavy (non-hydrogen) atoms. The summed E-state index contributed by atoms with van der Waals surface area (Å²) >= 11 is 0. The summed E-state index contributed by atoms with van der Waals surface area (Å²) in [6.45, 7) is 2.37. The second-order valence-corrected chi connectivity index (χ2v) is 8.58. The van der Waals surface area contributed by atoms with Gasteiger partial charge in [0.2, 0.25) is 10.0 Å². The highest BCUT2D eigenvalue weighted by atomic mass is 32.2. The van der Waals surface area contributed by atoms with Gasteiger partial charge in [0.1, 0.15) is 11.9 Å². The molecule has 1 aromatic heterocycles. The fourth-order valence-electron chi connectivity index (χ4n) is 3.14. The van der Waals surface area contributed by atoms with Crippen molar-refractivity contribution in [3.63, 3.8) is 0 Å². The van der Waals surface area contributed by atoms with E-state index < -0.39 is 10.0 Å². The van der Waals surface area contributed by atoms with Gasteiger partial charge in [-0.1, -0.05) is 0 Å². The lowest BCUT2D eigenvalue weighted by Crippen LogP contribution is -2.31. The van der Waals surface area contributed by atoms with Gasteiger partial charge in [-0.2, -0.15) is 4.31 Å². The monoisotopic (exact) mass is 408 g/mol. The Morgan fingerprint density at radius 2 is 1.79 bits per heavy atom. The molecule has 1 unspecified atom stereocenters. The smallest absolute Gasteiger partial charge is 0.254 e. The molecule has 1 fully saturated rings. The second-order valence-electron chi connectivity index (χ2n) is 6.64. The van der Waals surface area contributed by atoms with Crippen LogP contribution in [0.5, 0.6) is 17.2 Å². The maximum atomic E-state index is 13.0. The molecular formula is C19H24N2O6S. The van der Waals surface area contributed by atoms with Crippen LogP contribution < -0.4 is 19.8 Å². The van der Waals surface area contributed by atoms with E-state index in [4.69, 9.17) is 14.2 Å². The van der Waals surface area contributed by atoms with Crippen LogP contribution in [0.15, 0.2) is 40.0 Å². The molecule has 1 atom stereocenters. The molecule has 0 N–H and O–H groups in total. The maximum absolute atomic E-state index is 13.0. The van der Waals surface area contributed by atoms with E-state index in [9.17, 15) is 13.2 Å². The van der Waals surface area contributed by atoms with Crippen LogP contribution in [0.3, 0.4) is 0 Å². The summed E-state index contributed by atoms with van der Waals surface area (Å²) in [5, 5.41) is 0. The van der Waals surface area contributed by atoms with Crippen molar-refractivity contribution in [1.82, 2.24) is 8.87 Å². The van der Waals surface area contributed by atoms with Crippen molar-refractivity contribution in [2.24, 2.45) is 7.05 Å². The number of rotatable bonds is 6. The molecule has 0 amide bonds. The maximum Gasteiger partial charge on any atom is 0.254 e. The minimum absolute atomic E-state index is 0.134. The number of methoxy groups -OCH3 is 2. The van der Waals surface area contributed by atoms with E-state index in [1.165, 1.54) is 41.3 Å². The number of aromatic nitrogens is 1. The highest BCUT2D eigenvalue weighted by Crippen LogP contribution is 2.32. The summed E-state index contributed by atoms with van der Waals surface area (Å²) < 4.78 is 45.1. The molecule has 1 aliphatic rings. The van der Waals surface area contributed by atoms with Crippen molar-refractivity contribution in [2.75, 3.05) is 27.3 Å². The molecule has 2 aromatic rings. The van der Waals surface area contributed by atoms with Crippen LogP contribution in [0.2, 0.25) is 0 Å². The lowest BCUT2D eigenvalue weighted by Gasteiger charge is -2.18. The molecule has 0 spiro atoms. The Bertz CT molecular complexity index is 1030. The van der Waals surface area contributed by atoms with Crippen molar-refractivity contribution >= 4 is 10.0 Å². The predicted octanol–water partition coefficient (Wildman–Crippen LogP) is 1.55. The lowest BCUT2D eigenvalue weighted by molar-refractivity contribution is 0.214. The summed E-state index contributed by atoms with van der Waals surface area (Å²) in [5.41, 5.74) is 0.609. The van der Waals surface area contributed by atoms with E-state index in [0.717, 1.165) is 5.69 Å². The van der Waals surface area contributed by atoms with E-state index in [1.54, 1.807) is 19.2 Å². The van der Waals surface area contributed by atoms with Gasteiger partial charge in [-0.25, -0.2) is 8.42 Å². The van der Waals surface area contributed by atoms with Crippen LogP contribution in [0, 0.1) is 6.92 Å². The third-order valence-corrected chi connectivity index (χ3v) is 6.74. The lowest BCUT2D eigenvalue weighted by atomic mass is 10.3. The molecule has 8 nitrogen and oxygen atoms in total. The largest absolute Gasteiger partial charge is 0.493 e. The first kappa shape index (κ1) is 20.2. The molecule has 1 aliphatic heterocycles. The number of aryl methyl sites for hydroxylation is 1. The van der Waals surface area contributed by atoms with Crippen LogP contribution in [0.25, 0.3) is 0 Å². The van der Waals surface area contributed by atoms with Gasteiger partial charge in [-0.3, -0.25) is 4.79 Å². The van der Waals surface area contributed by atoms with Gasteiger partial charge in [0, 0.05) is 31.4 Å². The summed E-state index contributed by atoms with van der Waals surface area (Å²) in [5.74, 6) is 1.27. The molecule has 3 rings (SSSR count). The fraction of sp³-hybridized carbons (Fsp3) is 0.421. The number of benzene rings is 1. The Morgan fingerprint density at radius 3 is 2.43 bits per heavy atom. The van der Waals surface area contributed by atoms with Crippen molar-refractivity contribution in [1.29, 1.82) is 0 Å². The molecule has 0 aliphatic carbocycles. The van der Waals surface area contributed by atoms with Crippen LogP contribution in [-0.4, -0.2) is 50.7 Å². The molecule has 2 heterocycles. The highest BCUT2D eigenvalue weighted by molar-refractivity contribution is 7.89. The Morgan fingerprint density at radius 1 is 1.07 bits per heavy atom. The number of pyridine rings is 1. The Kier molecular flexibility index (Phi) is 5.66. The molecule has 9 heteroatoms. The van der Waals surface area contributed by atoms with E-state index >= 15 is 0 Å². The zero-order chi connectivity index (χ0) is 20.5. The molecule has 1 aromatic carbocycles. The van der Waals surface area contributed by atoms with E-state index in [2.05, 4.69) is 0 Å². The topological polar surface area (TPSA) is 87.1 Å². The first-order valence-corrected chi connectivity index (χ1v) is 10.3. The minimum atomic E-state index is -3.69. The van der Waals surface area contributed by atoms with Gasteiger partial charge in [0.15, 0.2) is 11.5 Å². The van der Waals surface area contributed by atoms with Crippen LogP contribution in [0.4, 0.5) is 0 Å². The molecule has 1 saturated heterocycles. The second kappa shape index (κ2) is 7.84. The quantitative estimate of drug-likeness (QED) is 0.721. The van der Waals surface area contributed by atoms with Crippen molar-refractivity contribution in [3.8, 4) is 17.2 Å². The van der Waals surface area contributed by atoms with Crippen LogP contribution in [-0.2, 0) is 17.1 Å². The number of nitrogens with zero attached hydrogens (tertiary/aromatic N) is 2. The van der Waals surface area contributed by atoms with Crippen LogP contribution >= 0.6 is 0 Å². The SMILES string of the molecule is COc1ccc(S(=O)(=O)N2CCC(Oc3cc(C)n(C)c(=O)c3)C2)cc1OC. The average Bonchev–Trinajstić information content (AvgIpc) is 3.14. The number of ether oxygens (including phenoxy) is 3. The zero-order valence-electron chi connectivity index (χ0n) is 16.3. The van der Waals surface area contributed by atoms with Gasteiger partial charge in [-0.15, -0.1) is 0 Å². The summed E-state index contributed by atoms with van der Waals surface area (Å²) in [6.07, 6.45) is 0.224.